The Morgan fingerprint density at radius 1 is 1.70 bits per heavy atom. The van der Waals surface area contributed by atoms with Crippen molar-refractivity contribution in [2.24, 2.45) is 5.92 Å². The van der Waals surface area contributed by atoms with Crippen molar-refractivity contribution in [2.75, 3.05) is 12.3 Å². The monoisotopic (exact) mass is 381 g/mol. The minimum atomic E-state index is -3.11. The number of nitrogen functional groups attached to an aromatic ring is 1. The number of carbonyl (C=O) groups is 1. The average molecular weight is 381 g/mol. The van der Waals surface area contributed by atoms with Crippen molar-refractivity contribution in [3.05, 3.63) is 23.9 Å². The lowest BCUT2D eigenvalue weighted by molar-refractivity contribution is -0.163. The number of fused-ring (bicyclic) bond motifs is 1. The number of aliphatic hydroxyl groups is 2. The molecule has 11 heteroatoms. The molecule has 144 valence electrons. The summed E-state index contributed by atoms with van der Waals surface area (Å²) in [7, 11) is 0. The molecule has 1 aliphatic heterocycles. The van der Waals surface area contributed by atoms with Gasteiger partial charge in [0, 0.05) is 6.07 Å². The summed E-state index contributed by atoms with van der Waals surface area (Å²) in [6.07, 6.45) is -4.76. The number of aromatic nitrogens is 3. The first-order valence-corrected chi connectivity index (χ1v) is 7.92. The minimum absolute atomic E-state index is 0.250. The second-order valence-corrected chi connectivity index (χ2v) is 6.30. The maximum absolute atomic E-state index is 14.5. The molecule has 4 atom stereocenters. The van der Waals surface area contributed by atoms with Crippen LogP contribution < -0.4 is 5.73 Å². The summed E-state index contributed by atoms with van der Waals surface area (Å²) in [6, 6.07) is 2.55. The molecule has 3 rings (SSSR count). The highest BCUT2D eigenvalue weighted by Gasteiger charge is 2.60. The molecule has 1 fully saturated rings. The van der Waals surface area contributed by atoms with Crippen LogP contribution in [0, 0.1) is 23.1 Å². The van der Waals surface area contributed by atoms with E-state index in [0.29, 0.717) is 0 Å². The first-order chi connectivity index (χ1) is 13.4. The Balaban J connectivity index is 2.25. The maximum Gasteiger partial charge on any atom is 0.308 e. The van der Waals surface area contributed by atoms with Crippen molar-refractivity contribution in [1.82, 2.24) is 14.6 Å². The molecule has 27 heavy (non-hydrogen) atoms. The number of nitrogens with two attached hydrogens (primary N) is 1. The number of nitriles is 1. The Labute approximate surface area is 155 Å². The molecule has 0 spiro atoms. The van der Waals surface area contributed by atoms with Crippen LogP contribution in [0.5, 0.6) is 0 Å². The van der Waals surface area contributed by atoms with E-state index in [1.165, 1.54) is 13.8 Å². The topological polar surface area (TPSA) is 156 Å². The van der Waals surface area contributed by atoms with Crippen molar-refractivity contribution >= 4 is 17.3 Å². The predicted octanol–water partition coefficient (Wildman–Crippen LogP) is -0.511. The van der Waals surface area contributed by atoms with Crippen molar-refractivity contribution in [3.8, 4) is 6.07 Å². The van der Waals surface area contributed by atoms with Crippen molar-refractivity contribution < 1.29 is 31.6 Å². The van der Waals surface area contributed by atoms with Crippen LogP contribution in [0.2, 0.25) is 0 Å². The number of rotatable bonds is 4. The number of ether oxygens (including phenoxy) is 2. The van der Waals surface area contributed by atoms with Crippen LogP contribution >= 0.6 is 0 Å². The van der Waals surface area contributed by atoms with Crippen LogP contribution in [0.3, 0.4) is 0 Å². The molecule has 1 saturated heterocycles. The van der Waals surface area contributed by atoms with Crippen molar-refractivity contribution in [1.29, 1.82) is 5.26 Å². The first kappa shape index (κ1) is 16.4. The molecule has 0 saturated carbocycles. The van der Waals surface area contributed by atoms with E-state index in [2.05, 4.69) is 10.1 Å². The van der Waals surface area contributed by atoms with Crippen LogP contribution in [0.25, 0.3) is 5.52 Å². The SMILES string of the molecule is [2H]C([2H])(O)[C@H]1O[C@@](C#N)(c2cc(F)c3c(N)ncnn23)[C@H](OC(=O)C(C)C)[C@@H]1O. The summed E-state index contributed by atoms with van der Waals surface area (Å²) < 4.78 is 41.1. The number of anilines is 1. The molecular formula is C16H18FN5O5. The summed E-state index contributed by atoms with van der Waals surface area (Å²) in [5.41, 5.74) is 2.64. The molecule has 3 heterocycles. The Morgan fingerprint density at radius 3 is 3.00 bits per heavy atom. The smallest absolute Gasteiger partial charge is 0.308 e. The molecule has 0 amide bonds. The van der Waals surface area contributed by atoms with E-state index >= 15 is 0 Å². The van der Waals surface area contributed by atoms with Crippen molar-refractivity contribution in [2.45, 2.75) is 37.8 Å². The number of carbonyl (C=O) groups excluding carboxylic acids is 1. The maximum atomic E-state index is 14.5. The zero-order valence-corrected chi connectivity index (χ0v) is 14.3. The third kappa shape index (κ3) is 2.78. The standard InChI is InChI=1S/C16H18FN5O5/c1-7(2)15(25)26-13-12(24)9(4-23)27-16(13,5-18)10-3-8(17)11-14(19)20-6-21-22(10)11/h3,6-7,9,12-13,23-24H,4H2,1-2H3,(H2,19,20,21)/t9-,12-,13-,16+/m1/s1/i4D2. The lowest BCUT2D eigenvalue weighted by Crippen LogP contribution is -2.45. The van der Waals surface area contributed by atoms with Crippen LogP contribution in [0.15, 0.2) is 12.4 Å². The van der Waals surface area contributed by atoms with E-state index in [0.717, 1.165) is 16.9 Å². The largest absolute Gasteiger partial charge is 0.455 e. The van der Waals surface area contributed by atoms with Crippen molar-refractivity contribution in [3.63, 3.8) is 0 Å². The van der Waals surface area contributed by atoms with Gasteiger partial charge in [0.15, 0.2) is 17.7 Å². The summed E-state index contributed by atoms with van der Waals surface area (Å²) in [5.74, 6) is -2.66. The average Bonchev–Trinajstić information content (AvgIpc) is 3.12. The highest BCUT2D eigenvalue weighted by molar-refractivity contribution is 5.72. The van der Waals surface area contributed by atoms with Crippen LogP contribution in [0.4, 0.5) is 10.2 Å². The molecule has 0 radical (unpaired) electrons. The van der Waals surface area contributed by atoms with E-state index in [1.54, 1.807) is 6.07 Å². The molecule has 2 aromatic rings. The normalized spacial score (nSPS) is 29.4. The van der Waals surface area contributed by atoms with Crippen LogP contribution in [-0.4, -0.2) is 55.7 Å². The van der Waals surface area contributed by atoms with E-state index in [4.69, 9.17) is 17.9 Å². The second-order valence-electron chi connectivity index (χ2n) is 6.30. The van der Waals surface area contributed by atoms with Gasteiger partial charge in [-0.2, -0.15) is 10.4 Å². The summed E-state index contributed by atoms with van der Waals surface area (Å²) in [6.45, 7) is -0.108. The summed E-state index contributed by atoms with van der Waals surface area (Å²) in [4.78, 5) is 15.8. The Bertz CT molecular complexity index is 1000. The first-order valence-electron chi connectivity index (χ1n) is 8.92. The van der Waals surface area contributed by atoms with E-state index < -0.39 is 48.2 Å². The van der Waals surface area contributed by atoms with E-state index in [-0.39, 0.29) is 17.0 Å². The van der Waals surface area contributed by atoms with Gasteiger partial charge in [-0.3, -0.25) is 4.79 Å². The molecule has 2 aromatic heterocycles. The fraction of sp³-hybridized carbons (Fsp3) is 0.500. The van der Waals surface area contributed by atoms with Gasteiger partial charge < -0.3 is 25.4 Å². The fourth-order valence-corrected chi connectivity index (χ4v) is 2.89. The van der Waals surface area contributed by atoms with Crippen LogP contribution in [0.1, 0.15) is 22.3 Å². The van der Waals surface area contributed by atoms with Gasteiger partial charge in [-0.15, -0.1) is 0 Å². The summed E-state index contributed by atoms with van der Waals surface area (Å²) >= 11 is 0. The molecule has 1 aliphatic rings. The zero-order chi connectivity index (χ0) is 21.7. The lowest BCUT2D eigenvalue weighted by Gasteiger charge is -2.28. The summed E-state index contributed by atoms with van der Waals surface area (Å²) in [5, 5.41) is 34.1. The van der Waals surface area contributed by atoms with Gasteiger partial charge in [0.2, 0.25) is 5.60 Å². The number of hydrogen-bond acceptors (Lipinski definition) is 9. The third-order valence-corrected chi connectivity index (χ3v) is 4.26. The van der Waals surface area contributed by atoms with Crippen LogP contribution in [-0.2, 0) is 19.9 Å². The highest BCUT2D eigenvalue weighted by Crippen LogP contribution is 2.42. The quantitative estimate of drug-likeness (QED) is 0.593. The van der Waals surface area contributed by atoms with Gasteiger partial charge in [0.25, 0.3) is 0 Å². The van der Waals surface area contributed by atoms with E-state index in [1.807, 2.05) is 0 Å². The molecule has 0 aliphatic carbocycles. The second kappa shape index (κ2) is 6.73. The van der Waals surface area contributed by atoms with E-state index in [9.17, 15) is 24.7 Å². The minimum Gasteiger partial charge on any atom is -0.455 e. The third-order valence-electron chi connectivity index (χ3n) is 4.26. The lowest BCUT2D eigenvalue weighted by atomic mass is 9.92. The number of hydrogen-bond donors (Lipinski definition) is 3. The Kier molecular flexibility index (Phi) is 4.08. The zero-order valence-electron chi connectivity index (χ0n) is 16.3. The van der Waals surface area contributed by atoms with Gasteiger partial charge in [0.05, 0.1) is 20.9 Å². The number of halogens is 1. The van der Waals surface area contributed by atoms with Gasteiger partial charge in [-0.1, -0.05) is 13.8 Å². The molecule has 4 N–H and O–H groups in total. The highest BCUT2D eigenvalue weighted by atomic mass is 19.1. The molecule has 0 bridgehead atoms. The van der Waals surface area contributed by atoms with Gasteiger partial charge in [-0.05, 0) is 0 Å². The molecule has 10 nitrogen and oxygen atoms in total. The Morgan fingerprint density at radius 2 is 2.41 bits per heavy atom. The van der Waals surface area contributed by atoms with Gasteiger partial charge >= 0.3 is 5.97 Å². The Hall–Kier alpha value is -2.81. The predicted molar refractivity (Wildman–Crippen MR) is 87.3 cm³/mol. The number of aliphatic hydroxyl groups excluding tert-OH is 1. The fourth-order valence-electron chi connectivity index (χ4n) is 2.89. The molecule has 0 aromatic carbocycles. The number of esters is 1. The molecule has 0 unspecified atom stereocenters. The molecular weight excluding hydrogens is 361 g/mol. The van der Waals surface area contributed by atoms with Gasteiger partial charge in [0.1, 0.15) is 30.1 Å². The number of nitrogens with zero attached hydrogens (tertiary/aromatic N) is 4. The van der Waals surface area contributed by atoms with Gasteiger partial charge in [-0.25, -0.2) is 13.9 Å².